The van der Waals surface area contributed by atoms with Crippen molar-refractivity contribution in [1.82, 2.24) is 0 Å². The van der Waals surface area contributed by atoms with Gasteiger partial charge in [-0.1, -0.05) is 138 Å². The number of hydrogen-bond donors (Lipinski definition) is 1. The Bertz CT molecular complexity index is 892. The van der Waals surface area contributed by atoms with Crippen LogP contribution in [0.2, 0.25) is 0 Å². The van der Waals surface area contributed by atoms with Gasteiger partial charge in [-0.3, -0.25) is 0 Å². The maximum absolute atomic E-state index is 11.6. The van der Waals surface area contributed by atoms with Crippen molar-refractivity contribution in [2.75, 3.05) is 0 Å². The highest BCUT2D eigenvalue weighted by atomic mass is 16.5. The molecule has 0 aromatic carbocycles. The molecule has 0 aromatic heterocycles. The van der Waals surface area contributed by atoms with E-state index >= 15 is 0 Å². The van der Waals surface area contributed by atoms with Gasteiger partial charge < -0.3 is 9.84 Å². The van der Waals surface area contributed by atoms with Crippen molar-refractivity contribution >= 4 is 0 Å². The Kier molecular flexibility index (Phi) is 8.52. The number of hydrogen-bond acceptors (Lipinski definition) is 2. The van der Waals surface area contributed by atoms with Gasteiger partial charge in [0, 0.05) is 0 Å². The molecule has 1 N–H and O–H groups in total. The zero-order valence-electron chi connectivity index (χ0n) is 32.4. The molecule has 2 fully saturated rings. The number of aliphatic hydroxyl groups is 1. The van der Waals surface area contributed by atoms with Gasteiger partial charge in [-0.15, -0.1) is 0 Å². The number of rotatable bonds is 0. The highest BCUT2D eigenvalue weighted by molar-refractivity contribution is 5.25. The van der Waals surface area contributed by atoms with Crippen LogP contribution in [0.25, 0.3) is 0 Å². The van der Waals surface area contributed by atoms with Crippen molar-refractivity contribution < 1.29 is 9.84 Å². The third-order valence-corrected chi connectivity index (χ3v) is 17.1. The first-order valence-corrected chi connectivity index (χ1v) is 16.1. The minimum Gasteiger partial charge on any atom is -0.389 e. The van der Waals surface area contributed by atoms with Crippen molar-refractivity contribution in [3.63, 3.8) is 0 Å². The Hall–Kier alpha value is -0.0800. The molecule has 1 aliphatic heterocycles. The van der Waals surface area contributed by atoms with Crippen LogP contribution in [0.3, 0.4) is 0 Å². The fourth-order valence-corrected chi connectivity index (χ4v) is 10.7. The SMILES string of the molecule is CC(C)(C)C1(C)C(C)(C)C(C)(C)C(C)(O)C(C)(C)C1(C)C.CC(C)(C)C1(C)C(C)(C)C(C)(C)OC(C)(C)C1(C)C. The Morgan fingerprint density at radius 1 is 0.350 bits per heavy atom. The minimum absolute atomic E-state index is 0.0131. The molecule has 1 saturated carbocycles. The lowest BCUT2D eigenvalue weighted by Gasteiger charge is -2.78. The maximum atomic E-state index is 11.6. The van der Waals surface area contributed by atoms with E-state index in [4.69, 9.17) is 4.74 Å². The zero-order chi connectivity index (χ0) is 33.2. The summed E-state index contributed by atoms with van der Waals surface area (Å²) in [6, 6.07) is 0. The normalized spacial score (nSPS) is 36.1. The molecule has 1 saturated heterocycles. The standard InChI is InChI=1S/C20H40O.C18H36O/c1-14(2,3)19(12)15(4,5)17(8,9)20(13,21)18(10,11)16(19,6)7;1-13(2,3)18(12)14(4,5)16(8,9)19-17(10,11)15(18,6)7/h21H,1-13H3;1-12H3. The van der Waals surface area contributed by atoms with Gasteiger partial charge in [-0.2, -0.15) is 0 Å². The van der Waals surface area contributed by atoms with Gasteiger partial charge in [-0.25, -0.2) is 0 Å². The molecule has 0 bridgehead atoms. The van der Waals surface area contributed by atoms with Crippen molar-refractivity contribution in [3.05, 3.63) is 0 Å². The highest BCUT2D eigenvalue weighted by Crippen LogP contribution is 2.79. The molecule has 1 aliphatic carbocycles. The van der Waals surface area contributed by atoms with Crippen LogP contribution in [0.5, 0.6) is 0 Å². The van der Waals surface area contributed by atoms with E-state index in [-0.39, 0.29) is 65.4 Å². The fourth-order valence-electron chi connectivity index (χ4n) is 10.7. The molecule has 0 atom stereocenters. The van der Waals surface area contributed by atoms with Gasteiger partial charge in [0.2, 0.25) is 0 Å². The predicted octanol–water partition coefficient (Wildman–Crippen LogP) is 11.6. The summed E-state index contributed by atoms with van der Waals surface area (Å²) in [7, 11) is 0. The first-order valence-electron chi connectivity index (χ1n) is 16.1. The van der Waals surface area contributed by atoms with Crippen LogP contribution in [0.4, 0.5) is 0 Å². The third-order valence-electron chi connectivity index (χ3n) is 17.1. The summed E-state index contributed by atoms with van der Waals surface area (Å²) in [6.45, 7) is 58.3. The van der Waals surface area contributed by atoms with Crippen molar-refractivity contribution in [2.45, 2.75) is 190 Å². The molecular formula is C38H76O2. The van der Waals surface area contributed by atoms with Crippen LogP contribution in [0.15, 0.2) is 0 Å². The summed E-state index contributed by atoms with van der Waals surface area (Å²) in [5, 5.41) is 11.6. The molecule has 40 heavy (non-hydrogen) atoms. The molecule has 0 amide bonds. The largest absolute Gasteiger partial charge is 0.389 e. The van der Waals surface area contributed by atoms with Gasteiger partial charge >= 0.3 is 0 Å². The van der Waals surface area contributed by atoms with Crippen LogP contribution < -0.4 is 0 Å². The highest BCUT2D eigenvalue weighted by Gasteiger charge is 2.77. The first kappa shape index (κ1) is 37.9. The van der Waals surface area contributed by atoms with Gasteiger partial charge in [-0.05, 0) is 88.8 Å². The molecular weight excluding hydrogens is 488 g/mol. The second-order valence-electron chi connectivity index (χ2n) is 20.7. The first-order chi connectivity index (χ1) is 16.7. The van der Waals surface area contributed by atoms with Crippen LogP contribution in [-0.4, -0.2) is 21.9 Å². The zero-order valence-corrected chi connectivity index (χ0v) is 32.4. The maximum Gasteiger partial charge on any atom is 0.0731 e. The molecule has 0 spiro atoms. The van der Waals surface area contributed by atoms with E-state index in [1.54, 1.807) is 0 Å². The molecule has 1 heterocycles. The van der Waals surface area contributed by atoms with Crippen molar-refractivity contribution in [2.24, 2.45) is 54.1 Å². The molecule has 2 aliphatic rings. The minimum atomic E-state index is -0.738. The summed E-state index contributed by atoms with van der Waals surface area (Å²) in [6.07, 6.45) is 0. The lowest BCUT2D eigenvalue weighted by molar-refractivity contribution is -0.351. The van der Waals surface area contributed by atoms with E-state index in [0.29, 0.717) is 0 Å². The summed E-state index contributed by atoms with van der Waals surface area (Å²) in [5.74, 6) is 0. The average Bonchev–Trinajstić information content (AvgIpc) is 2.67. The Morgan fingerprint density at radius 2 is 0.550 bits per heavy atom. The van der Waals surface area contributed by atoms with Gasteiger partial charge in [0.05, 0.1) is 16.8 Å². The summed E-state index contributed by atoms with van der Waals surface area (Å²) in [5.41, 5.74) is -0.706. The van der Waals surface area contributed by atoms with Crippen LogP contribution in [0.1, 0.15) is 173 Å². The molecule has 0 radical (unpaired) electrons. The number of ether oxygens (including phenoxy) is 1. The summed E-state index contributed by atoms with van der Waals surface area (Å²) in [4.78, 5) is 0. The quantitative estimate of drug-likeness (QED) is 0.317. The molecule has 0 aromatic rings. The summed E-state index contributed by atoms with van der Waals surface area (Å²) < 4.78 is 6.58. The molecule has 2 heteroatoms. The Balaban J connectivity index is 0.000000402. The topological polar surface area (TPSA) is 29.5 Å². The van der Waals surface area contributed by atoms with E-state index in [0.717, 1.165) is 0 Å². The van der Waals surface area contributed by atoms with E-state index in [2.05, 4.69) is 173 Å². The van der Waals surface area contributed by atoms with Crippen molar-refractivity contribution in [1.29, 1.82) is 0 Å². The second kappa shape index (κ2) is 8.99. The monoisotopic (exact) mass is 565 g/mol. The van der Waals surface area contributed by atoms with Gasteiger partial charge in [0.1, 0.15) is 0 Å². The Morgan fingerprint density at radius 3 is 0.750 bits per heavy atom. The van der Waals surface area contributed by atoms with E-state index in [9.17, 15) is 5.11 Å². The molecule has 2 rings (SSSR count). The van der Waals surface area contributed by atoms with E-state index < -0.39 is 5.60 Å². The van der Waals surface area contributed by atoms with E-state index in [1.165, 1.54) is 0 Å². The third kappa shape index (κ3) is 3.98. The average molecular weight is 565 g/mol. The lowest BCUT2D eigenvalue weighted by atomic mass is 9.27. The molecule has 0 unspecified atom stereocenters. The summed E-state index contributed by atoms with van der Waals surface area (Å²) >= 11 is 0. The van der Waals surface area contributed by atoms with Gasteiger partial charge in [0.15, 0.2) is 0 Å². The van der Waals surface area contributed by atoms with Crippen LogP contribution in [-0.2, 0) is 4.74 Å². The fraction of sp³-hybridized carbons (Fsp3) is 1.00. The smallest absolute Gasteiger partial charge is 0.0731 e. The van der Waals surface area contributed by atoms with Crippen LogP contribution in [0, 0.1) is 54.1 Å². The molecule has 2 nitrogen and oxygen atoms in total. The van der Waals surface area contributed by atoms with Crippen LogP contribution >= 0.6 is 0 Å². The van der Waals surface area contributed by atoms with Crippen molar-refractivity contribution in [3.8, 4) is 0 Å². The Labute approximate surface area is 253 Å². The lowest BCUT2D eigenvalue weighted by Crippen LogP contribution is -2.77. The predicted molar refractivity (Wildman–Crippen MR) is 178 cm³/mol. The molecule has 240 valence electrons. The second-order valence-corrected chi connectivity index (χ2v) is 20.7. The van der Waals surface area contributed by atoms with E-state index in [1.807, 2.05) is 0 Å². The van der Waals surface area contributed by atoms with Gasteiger partial charge in [0.25, 0.3) is 0 Å².